The highest BCUT2D eigenvalue weighted by molar-refractivity contribution is 5.97. The van der Waals surface area contributed by atoms with Gasteiger partial charge in [0.15, 0.2) is 0 Å². The number of aryl methyl sites for hydroxylation is 1. The van der Waals surface area contributed by atoms with Crippen molar-refractivity contribution in [3.63, 3.8) is 0 Å². The zero-order valence-electron chi connectivity index (χ0n) is 11.7. The van der Waals surface area contributed by atoms with Crippen molar-refractivity contribution < 1.29 is 0 Å². The SMILES string of the molecule is Cc1ccc(/C(C#N)=C/c2ccnc3ccccc23)cc1. The molecule has 1 aromatic heterocycles. The summed E-state index contributed by atoms with van der Waals surface area (Å²) in [7, 11) is 0. The third-order valence-electron chi connectivity index (χ3n) is 3.47. The number of pyridine rings is 1. The normalized spacial score (nSPS) is 11.3. The number of fused-ring (bicyclic) bond motifs is 1. The summed E-state index contributed by atoms with van der Waals surface area (Å²) in [5.74, 6) is 0. The molecule has 0 aliphatic carbocycles. The topological polar surface area (TPSA) is 36.7 Å². The number of hydrogen-bond donors (Lipinski definition) is 0. The second-order valence-electron chi connectivity index (χ2n) is 4.95. The van der Waals surface area contributed by atoms with E-state index in [4.69, 9.17) is 0 Å². The molecule has 0 amide bonds. The van der Waals surface area contributed by atoms with E-state index in [0.29, 0.717) is 5.57 Å². The average molecular weight is 270 g/mol. The number of aromatic nitrogens is 1. The van der Waals surface area contributed by atoms with Crippen LogP contribution in [0.4, 0.5) is 0 Å². The molecule has 0 fully saturated rings. The smallest absolute Gasteiger partial charge is 0.0998 e. The Labute approximate surface area is 124 Å². The van der Waals surface area contributed by atoms with Gasteiger partial charge in [-0.15, -0.1) is 0 Å². The predicted octanol–water partition coefficient (Wildman–Crippen LogP) is 4.61. The number of allylic oxidation sites excluding steroid dienone is 1. The lowest BCUT2D eigenvalue weighted by molar-refractivity contribution is 1.40. The van der Waals surface area contributed by atoms with Crippen LogP contribution in [0.5, 0.6) is 0 Å². The van der Waals surface area contributed by atoms with Gasteiger partial charge in [0.25, 0.3) is 0 Å². The Balaban J connectivity index is 2.13. The van der Waals surface area contributed by atoms with E-state index in [0.717, 1.165) is 22.0 Å². The molecular formula is C19H14N2. The summed E-state index contributed by atoms with van der Waals surface area (Å²) in [6.45, 7) is 2.04. The van der Waals surface area contributed by atoms with Gasteiger partial charge >= 0.3 is 0 Å². The van der Waals surface area contributed by atoms with Crippen molar-refractivity contribution in [2.75, 3.05) is 0 Å². The fourth-order valence-electron chi connectivity index (χ4n) is 2.31. The highest BCUT2D eigenvalue weighted by atomic mass is 14.6. The zero-order valence-corrected chi connectivity index (χ0v) is 11.7. The monoisotopic (exact) mass is 270 g/mol. The molecule has 2 heteroatoms. The Hall–Kier alpha value is -2.92. The molecule has 100 valence electrons. The van der Waals surface area contributed by atoms with Crippen LogP contribution in [0.2, 0.25) is 0 Å². The number of benzene rings is 2. The minimum atomic E-state index is 0.659. The Morgan fingerprint density at radius 1 is 1.05 bits per heavy atom. The van der Waals surface area contributed by atoms with Gasteiger partial charge in [-0.1, -0.05) is 48.0 Å². The minimum Gasteiger partial charge on any atom is -0.256 e. The Bertz CT molecular complexity index is 847. The predicted molar refractivity (Wildman–Crippen MR) is 86.4 cm³/mol. The maximum absolute atomic E-state index is 9.45. The van der Waals surface area contributed by atoms with Gasteiger partial charge < -0.3 is 0 Å². The molecule has 0 saturated heterocycles. The number of para-hydroxylation sites is 1. The summed E-state index contributed by atoms with van der Waals surface area (Å²) in [6, 6.07) is 20.2. The lowest BCUT2D eigenvalue weighted by Crippen LogP contribution is -1.85. The summed E-state index contributed by atoms with van der Waals surface area (Å²) >= 11 is 0. The molecule has 0 saturated carbocycles. The van der Waals surface area contributed by atoms with Crippen molar-refractivity contribution in [3.05, 3.63) is 77.5 Å². The number of rotatable bonds is 2. The summed E-state index contributed by atoms with van der Waals surface area (Å²) in [5.41, 5.74) is 4.73. The first-order valence-corrected chi connectivity index (χ1v) is 6.80. The van der Waals surface area contributed by atoms with E-state index in [1.165, 1.54) is 5.56 Å². The third kappa shape index (κ3) is 2.68. The van der Waals surface area contributed by atoms with Crippen molar-refractivity contribution in [2.24, 2.45) is 0 Å². The second kappa shape index (κ2) is 5.60. The first kappa shape index (κ1) is 13.1. The van der Waals surface area contributed by atoms with E-state index < -0.39 is 0 Å². The molecule has 3 aromatic rings. The van der Waals surface area contributed by atoms with Crippen molar-refractivity contribution >= 4 is 22.6 Å². The van der Waals surface area contributed by atoms with Crippen LogP contribution in [0.25, 0.3) is 22.6 Å². The van der Waals surface area contributed by atoms with Crippen LogP contribution >= 0.6 is 0 Å². The largest absolute Gasteiger partial charge is 0.256 e. The van der Waals surface area contributed by atoms with Crippen molar-refractivity contribution in [2.45, 2.75) is 6.92 Å². The zero-order chi connectivity index (χ0) is 14.7. The van der Waals surface area contributed by atoms with Gasteiger partial charge in [-0.2, -0.15) is 5.26 Å². The molecule has 2 nitrogen and oxygen atoms in total. The standard InChI is InChI=1S/C19H14N2/c1-14-6-8-15(9-7-14)17(13-20)12-16-10-11-21-19-5-3-2-4-18(16)19/h2-12H,1H3/b17-12+. The van der Waals surface area contributed by atoms with Gasteiger partial charge in [-0.25, -0.2) is 0 Å². The van der Waals surface area contributed by atoms with Gasteiger partial charge in [0.05, 0.1) is 17.2 Å². The van der Waals surface area contributed by atoms with Gasteiger partial charge in [0.2, 0.25) is 0 Å². The number of nitrogens with zero attached hydrogens (tertiary/aromatic N) is 2. The second-order valence-corrected chi connectivity index (χ2v) is 4.95. The molecule has 0 aliphatic rings. The van der Waals surface area contributed by atoms with Crippen LogP contribution in [0.15, 0.2) is 60.8 Å². The Kier molecular flexibility index (Phi) is 3.49. The first-order chi connectivity index (χ1) is 10.3. The van der Waals surface area contributed by atoms with Crippen molar-refractivity contribution in [3.8, 4) is 6.07 Å². The molecule has 0 bridgehead atoms. The molecule has 0 unspecified atom stereocenters. The van der Waals surface area contributed by atoms with E-state index in [1.807, 2.05) is 67.6 Å². The summed E-state index contributed by atoms with van der Waals surface area (Å²) in [6.07, 6.45) is 3.70. The fourth-order valence-corrected chi connectivity index (χ4v) is 2.31. The van der Waals surface area contributed by atoms with Crippen LogP contribution in [-0.2, 0) is 0 Å². The molecule has 0 N–H and O–H groups in total. The lowest BCUT2D eigenvalue weighted by atomic mass is 10.0. The molecule has 0 spiro atoms. The maximum Gasteiger partial charge on any atom is 0.0998 e. The summed E-state index contributed by atoms with van der Waals surface area (Å²) < 4.78 is 0. The number of nitriles is 1. The molecule has 0 radical (unpaired) electrons. The van der Waals surface area contributed by atoms with Crippen LogP contribution in [0.1, 0.15) is 16.7 Å². The highest BCUT2D eigenvalue weighted by Crippen LogP contribution is 2.23. The third-order valence-corrected chi connectivity index (χ3v) is 3.47. The van der Waals surface area contributed by atoms with Gasteiger partial charge in [-0.3, -0.25) is 4.98 Å². The van der Waals surface area contributed by atoms with Crippen LogP contribution in [0.3, 0.4) is 0 Å². The van der Waals surface area contributed by atoms with Gasteiger partial charge in [0.1, 0.15) is 0 Å². The van der Waals surface area contributed by atoms with E-state index in [2.05, 4.69) is 11.1 Å². The quantitative estimate of drug-likeness (QED) is 0.638. The molecule has 21 heavy (non-hydrogen) atoms. The number of hydrogen-bond acceptors (Lipinski definition) is 2. The summed E-state index contributed by atoms with van der Waals surface area (Å²) in [4.78, 5) is 4.35. The Morgan fingerprint density at radius 3 is 2.57 bits per heavy atom. The summed E-state index contributed by atoms with van der Waals surface area (Å²) in [5, 5.41) is 10.5. The fraction of sp³-hybridized carbons (Fsp3) is 0.0526. The van der Waals surface area contributed by atoms with E-state index in [1.54, 1.807) is 6.20 Å². The first-order valence-electron chi connectivity index (χ1n) is 6.80. The molecule has 0 atom stereocenters. The lowest BCUT2D eigenvalue weighted by Gasteiger charge is -2.04. The molecule has 2 aromatic carbocycles. The molecule has 0 aliphatic heterocycles. The van der Waals surface area contributed by atoms with E-state index >= 15 is 0 Å². The van der Waals surface area contributed by atoms with E-state index in [-0.39, 0.29) is 0 Å². The van der Waals surface area contributed by atoms with Crippen LogP contribution < -0.4 is 0 Å². The van der Waals surface area contributed by atoms with Crippen LogP contribution in [-0.4, -0.2) is 4.98 Å². The molecular weight excluding hydrogens is 256 g/mol. The van der Waals surface area contributed by atoms with Gasteiger partial charge in [0, 0.05) is 11.6 Å². The minimum absolute atomic E-state index is 0.659. The average Bonchev–Trinajstić information content (AvgIpc) is 2.54. The maximum atomic E-state index is 9.45. The Morgan fingerprint density at radius 2 is 1.81 bits per heavy atom. The molecule has 1 heterocycles. The van der Waals surface area contributed by atoms with Crippen LogP contribution in [0, 0.1) is 18.3 Å². The van der Waals surface area contributed by atoms with Crippen molar-refractivity contribution in [1.82, 2.24) is 4.98 Å². The molecule has 3 rings (SSSR count). The highest BCUT2D eigenvalue weighted by Gasteiger charge is 2.03. The van der Waals surface area contributed by atoms with E-state index in [9.17, 15) is 5.26 Å². The van der Waals surface area contributed by atoms with Crippen molar-refractivity contribution in [1.29, 1.82) is 5.26 Å². The van der Waals surface area contributed by atoms with Gasteiger partial charge in [-0.05, 0) is 36.3 Å².